The van der Waals surface area contributed by atoms with Gasteiger partial charge in [-0.05, 0) is 43.7 Å². The number of rotatable bonds is 6. The van der Waals surface area contributed by atoms with Crippen LogP contribution in [0.4, 0.5) is 0 Å². The molecule has 0 aliphatic carbocycles. The van der Waals surface area contributed by atoms with E-state index in [1.807, 2.05) is 18.3 Å². The van der Waals surface area contributed by atoms with Crippen molar-refractivity contribution in [2.45, 2.75) is 33.2 Å². The number of ether oxygens (including phenoxy) is 1. The molecule has 3 nitrogen and oxygen atoms in total. The fraction of sp³-hybridized carbons (Fsp3) is 0.389. The number of nitrogens with one attached hydrogen (secondary N) is 1. The van der Waals surface area contributed by atoms with E-state index in [9.17, 15) is 0 Å². The van der Waals surface area contributed by atoms with Gasteiger partial charge in [-0.2, -0.15) is 0 Å². The van der Waals surface area contributed by atoms with E-state index in [1.54, 1.807) is 7.11 Å². The summed E-state index contributed by atoms with van der Waals surface area (Å²) in [7, 11) is 1.75. The predicted octanol–water partition coefficient (Wildman–Crippen LogP) is 3.60. The Kier molecular flexibility index (Phi) is 5.34. The molecular weight excluding hydrogens is 260 g/mol. The molecule has 0 amide bonds. The second-order valence-corrected chi connectivity index (χ2v) is 5.27. The van der Waals surface area contributed by atoms with Crippen molar-refractivity contribution >= 4 is 0 Å². The van der Waals surface area contributed by atoms with Crippen molar-refractivity contribution in [3.05, 3.63) is 58.9 Å². The average Bonchev–Trinajstić information content (AvgIpc) is 2.50. The first kappa shape index (κ1) is 15.5. The number of nitrogens with zero attached hydrogens (tertiary/aromatic N) is 1. The molecule has 1 atom stereocenters. The molecule has 1 unspecified atom stereocenters. The van der Waals surface area contributed by atoms with Gasteiger partial charge in [0, 0.05) is 29.9 Å². The Bertz CT molecular complexity index is 581. The molecule has 2 aromatic rings. The Morgan fingerprint density at radius 1 is 1.19 bits per heavy atom. The minimum Gasteiger partial charge on any atom is -0.496 e. The quantitative estimate of drug-likeness (QED) is 0.880. The van der Waals surface area contributed by atoms with E-state index in [0.29, 0.717) is 0 Å². The van der Waals surface area contributed by atoms with Crippen LogP contribution < -0.4 is 10.1 Å². The largest absolute Gasteiger partial charge is 0.496 e. The topological polar surface area (TPSA) is 34.2 Å². The van der Waals surface area contributed by atoms with E-state index in [4.69, 9.17) is 4.74 Å². The molecule has 0 saturated carbocycles. The highest BCUT2D eigenvalue weighted by molar-refractivity contribution is 5.47. The molecule has 0 spiro atoms. The number of benzene rings is 1. The predicted molar refractivity (Wildman–Crippen MR) is 86.8 cm³/mol. The molecule has 0 radical (unpaired) electrons. The average molecular weight is 284 g/mol. The maximum atomic E-state index is 5.66. The third-order valence-corrected chi connectivity index (χ3v) is 3.88. The summed E-state index contributed by atoms with van der Waals surface area (Å²) in [5, 5.41) is 3.55. The second-order valence-electron chi connectivity index (χ2n) is 5.27. The molecule has 1 N–H and O–H groups in total. The Labute approximate surface area is 127 Å². The fourth-order valence-electron chi connectivity index (χ4n) is 2.62. The first-order valence-electron chi connectivity index (χ1n) is 7.44. The van der Waals surface area contributed by atoms with Crippen molar-refractivity contribution in [3.8, 4) is 5.75 Å². The van der Waals surface area contributed by atoms with Crippen molar-refractivity contribution in [3.63, 3.8) is 0 Å². The summed E-state index contributed by atoms with van der Waals surface area (Å²) in [4.78, 5) is 4.44. The van der Waals surface area contributed by atoms with Crippen molar-refractivity contribution in [2.75, 3.05) is 13.7 Å². The van der Waals surface area contributed by atoms with E-state index in [-0.39, 0.29) is 6.04 Å². The summed E-state index contributed by atoms with van der Waals surface area (Å²) < 4.78 is 5.66. The molecule has 0 saturated heterocycles. The SMILES string of the molecule is CCNC(Cc1ccccn1)c1ccc(C)c(C)c1OC. The van der Waals surface area contributed by atoms with E-state index in [0.717, 1.165) is 24.4 Å². The highest BCUT2D eigenvalue weighted by atomic mass is 16.5. The molecule has 21 heavy (non-hydrogen) atoms. The van der Waals surface area contributed by atoms with Crippen molar-refractivity contribution < 1.29 is 4.74 Å². The Balaban J connectivity index is 2.36. The molecule has 1 heterocycles. The molecule has 0 aliphatic rings. The van der Waals surface area contributed by atoms with Gasteiger partial charge in [0.15, 0.2) is 0 Å². The lowest BCUT2D eigenvalue weighted by molar-refractivity contribution is 0.395. The van der Waals surface area contributed by atoms with Gasteiger partial charge in [-0.3, -0.25) is 4.98 Å². The van der Waals surface area contributed by atoms with Crippen LogP contribution in [0.15, 0.2) is 36.5 Å². The smallest absolute Gasteiger partial charge is 0.126 e. The first-order chi connectivity index (χ1) is 10.2. The number of likely N-dealkylation sites (N-methyl/N-ethyl adjacent to an activating group) is 1. The summed E-state index contributed by atoms with van der Waals surface area (Å²) in [6, 6.07) is 10.6. The van der Waals surface area contributed by atoms with Crippen LogP contribution in [-0.4, -0.2) is 18.6 Å². The zero-order valence-corrected chi connectivity index (χ0v) is 13.3. The molecule has 2 rings (SSSR count). The number of methoxy groups -OCH3 is 1. The number of pyridine rings is 1. The van der Waals surface area contributed by atoms with Crippen molar-refractivity contribution in [1.29, 1.82) is 0 Å². The van der Waals surface area contributed by atoms with Gasteiger partial charge >= 0.3 is 0 Å². The highest BCUT2D eigenvalue weighted by Crippen LogP contribution is 2.32. The third-order valence-electron chi connectivity index (χ3n) is 3.88. The summed E-state index contributed by atoms with van der Waals surface area (Å²) in [5.41, 5.74) is 4.75. The van der Waals surface area contributed by atoms with E-state index >= 15 is 0 Å². The molecule has 0 aliphatic heterocycles. The van der Waals surface area contributed by atoms with Crippen LogP contribution in [0.3, 0.4) is 0 Å². The van der Waals surface area contributed by atoms with Crippen LogP contribution in [0.5, 0.6) is 5.75 Å². The maximum absolute atomic E-state index is 5.66. The van der Waals surface area contributed by atoms with Gasteiger partial charge in [0.1, 0.15) is 5.75 Å². The summed E-state index contributed by atoms with van der Waals surface area (Å²) in [5.74, 6) is 0.983. The molecule has 0 bridgehead atoms. The molecule has 1 aromatic carbocycles. The number of aromatic nitrogens is 1. The number of hydrogen-bond acceptors (Lipinski definition) is 3. The highest BCUT2D eigenvalue weighted by Gasteiger charge is 2.18. The Morgan fingerprint density at radius 2 is 2.00 bits per heavy atom. The van der Waals surface area contributed by atoms with Gasteiger partial charge in [-0.15, -0.1) is 0 Å². The lowest BCUT2D eigenvalue weighted by Crippen LogP contribution is -2.24. The van der Waals surface area contributed by atoms with Crippen LogP contribution in [0, 0.1) is 13.8 Å². The second kappa shape index (κ2) is 7.23. The zero-order valence-electron chi connectivity index (χ0n) is 13.3. The van der Waals surface area contributed by atoms with Crippen LogP contribution >= 0.6 is 0 Å². The Morgan fingerprint density at radius 3 is 2.62 bits per heavy atom. The van der Waals surface area contributed by atoms with Gasteiger partial charge in [0.2, 0.25) is 0 Å². The molecular formula is C18H24N2O. The number of hydrogen-bond donors (Lipinski definition) is 1. The lowest BCUT2D eigenvalue weighted by atomic mass is 9.96. The minimum absolute atomic E-state index is 0.208. The minimum atomic E-state index is 0.208. The summed E-state index contributed by atoms with van der Waals surface area (Å²) in [6.45, 7) is 7.26. The van der Waals surface area contributed by atoms with Gasteiger partial charge in [-0.1, -0.05) is 25.1 Å². The number of aryl methyl sites for hydroxylation is 1. The molecule has 112 valence electrons. The zero-order chi connectivity index (χ0) is 15.2. The standard InChI is InChI=1S/C18H24N2O/c1-5-19-17(12-15-8-6-7-11-20-15)16-10-9-13(2)14(3)18(16)21-4/h6-11,17,19H,5,12H2,1-4H3. The summed E-state index contributed by atoms with van der Waals surface area (Å²) in [6.07, 6.45) is 2.70. The van der Waals surface area contributed by atoms with E-state index in [1.165, 1.54) is 16.7 Å². The fourth-order valence-corrected chi connectivity index (χ4v) is 2.62. The van der Waals surface area contributed by atoms with Gasteiger partial charge in [0.05, 0.1) is 7.11 Å². The summed E-state index contributed by atoms with van der Waals surface area (Å²) >= 11 is 0. The van der Waals surface area contributed by atoms with E-state index in [2.05, 4.69) is 49.3 Å². The maximum Gasteiger partial charge on any atom is 0.126 e. The van der Waals surface area contributed by atoms with Crippen LogP contribution in [0.1, 0.15) is 35.3 Å². The third kappa shape index (κ3) is 3.61. The normalized spacial score (nSPS) is 12.2. The Hall–Kier alpha value is -1.87. The molecule has 1 aromatic heterocycles. The van der Waals surface area contributed by atoms with Crippen LogP contribution in [-0.2, 0) is 6.42 Å². The van der Waals surface area contributed by atoms with Gasteiger partial charge in [0.25, 0.3) is 0 Å². The van der Waals surface area contributed by atoms with E-state index < -0.39 is 0 Å². The monoisotopic (exact) mass is 284 g/mol. The van der Waals surface area contributed by atoms with Crippen LogP contribution in [0.25, 0.3) is 0 Å². The van der Waals surface area contributed by atoms with Crippen molar-refractivity contribution in [1.82, 2.24) is 10.3 Å². The molecule has 0 fully saturated rings. The van der Waals surface area contributed by atoms with Gasteiger partial charge < -0.3 is 10.1 Å². The van der Waals surface area contributed by atoms with Crippen molar-refractivity contribution in [2.24, 2.45) is 0 Å². The van der Waals surface area contributed by atoms with Gasteiger partial charge in [-0.25, -0.2) is 0 Å². The van der Waals surface area contributed by atoms with Crippen LogP contribution in [0.2, 0.25) is 0 Å². The lowest BCUT2D eigenvalue weighted by Gasteiger charge is -2.22. The first-order valence-corrected chi connectivity index (χ1v) is 7.44. The molecule has 3 heteroatoms.